The van der Waals surface area contributed by atoms with Gasteiger partial charge in [0.1, 0.15) is 0 Å². The summed E-state index contributed by atoms with van der Waals surface area (Å²) < 4.78 is 0. The van der Waals surface area contributed by atoms with E-state index in [1.54, 1.807) is 11.8 Å². The van der Waals surface area contributed by atoms with E-state index in [0.717, 1.165) is 0 Å². The van der Waals surface area contributed by atoms with E-state index in [-0.39, 0.29) is 0 Å². The largest absolute Gasteiger partial charge is 0.121 e. The molecule has 0 atom stereocenters. The maximum atomic E-state index is 2.22. The van der Waals surface area contributed by atoms with Crippen LogP contribution in [0.2, 0.25) is 0 Å². The van der Waals surface area contributed by atoms with E-state index < -0.39 is 0 Å². The quantitative estimate of drug-likeness (QED) is 0.562. The molecule has 0 aliphatic carbocycles. The van der Waals surface area contributed by atoms with Crippen LogP contribution in [-0.2, 0) is 0 Å². The van der Waals surface area contributed by atoms with E-state index in [9.17, 15) is 0 Å². The van der Waals surface area contributed by atoms with Gasteiger partial charge >= 0.3 is 0 Å². The first-order chi connectivity index (χ1) is 5.36. The summed E-state index contributed by atoms with van der Waals surface area (Å²) in [6.45, 7) is 2.14. The molecule has 11 heavy (non-hydrogen) atoms. The summed E-state index contributed by atoms with van der Waals surface area (Å²) in [6, 6.07) is 8.44. The van der Waals surface area contributed by atoms with Crippen LogP contribution in [0.1, 0.15) is 18.1 Å². The maximum absolute atomic E-state index is 2.22. The third kappa shape index (κ3) is 1.33. The monoisotopic (exact) mass is 161 g/mol. The smallest absolute Gasteiger partial charge is 0.0510 e. The van der Waals surface area contributed by atoms with E-state index in [0.29, 0.717) is 0 Å². The minimum Gasteiger partial charge on any atom is -0.121 e. The Morgan fingerprint density at radius 3 is 2.64 bits per heavy atom. The highest BCUT2D eigenvalue weighted by Gasteiger charge is 2.06. The normalized spacial score (nSPS) is 15.5. The Balaban J connectivity index is 2.51. The van der Waals surface area contributed by atoms with Crippen LogP contribution in [0.3, 0.4) is 0 Å². The number of allylic oxidation sites excluding steroid dienone is 1. The first-order valence-corrected chi connectivity index (χ1v) is 4.51. The first kappa shape index (κ1) is 6.99. The van der Waals surface area contributed by atoms with Gasteiger partial charge in [0.2, 0.25) is 0 Å². The molecule has 1 aliphatic rings. The Hall–Kier alpha value is -0.690. The number of hydrogen-bond acceptors (Lipinski definition) is 1. The van der Waals surface area contributed by atoms with Crippen LogP contribution < -0.4 is 0 Å². The highest BCUT2D eigenvalue weighted by molar-refractivity contribution is 8.05. The van der Waals surface area contributed by atoms with Gasteiger partial charge < -0.3 is 0 Å². The molecule has 2 rings (SSSR count). The molecule has 0 unspecified atom stereocenters. The van der Waals surface area contributed by atoms with Gasteiger partial charge in [-0.1, -0.05) is 24.3 Å². The summed E-state index contributed by atoms with van der Waals surface area (Å²) in [4.78, 5) is 1.36. The van der Waals surface area contributed by atoms with Gasteiger partial charge in [-0.25, -0.2) is 0 Å². The van der Waals surface area contributed by atoms with Gasteiger partial charge in [-0.2, -0.15) is 0 Å². The van der Waals surface area contributed by atoms with E-state index in [4.69, 9.17) is 0 Å². The summed E-state index contributed by atoms with van der Waals surface area (Å²) in [5.74, 6) is 2.20. The second kappa shape index (κ2) is 2.74. The standard InChI is InChI=1S/C10H9S/c1-8-6-9-4-2-3-5-10(9)7-11-8/h2-7H,1H3. The molecule has 1 aromatic rings. The van der Waals surface area contributed by atoms with E-state index in [1.165, 1.54) is 16.0 Å². The molecule has 1 radical (unpaired) electrons. The van der Waals surface area contributed by atoms with Crippen LogP contribution in [0, 0.1) is 5.75 Å². The van der Waals surface area contributed by atoms with Crippen molar-refractivity contribution in [3.05, 3.63) is 46.1 Å². The van der Waals surface area contributed by atoms with Crippen molar-refractivity contribution in [3.63, 3.8) is 0 Å². The SMILES string of the molecule is CC1=Cc2ccccc2[CH]S1. The molecular formula is C10H9S. The zero-order valence-corrected chi connectivity index (χ0v) is 7.19. The fourth-order valence-corrected chi connectivity index (χ4v) is 1.88. The van der Waals surface area contributed by atoms with Crippen LogP contribution in [-0.4, -0.2) is 0 Å². The second-order valence-corrected chi connectivity index (χ2v) is 3.73. The van der Waals surface area contributed by atoms with Gasteiger partial charge in [-0.05, 0) is 29.0 Å². The Morgan fingerprint density at radius 1 is 1.09 bits per heavy atom. The lowest BCUT2D eigenvalue weighted by Gasteiger charge is -2.11. The fraction of sp³-hybridized carbons (Fsp3) is 0.100. The van der Waals surface area contributed by atoms with Crippen LogP contribution in [0.15, 0.2) is 29.2 Å². The van der Waals surface area contributed by atoms with Crippen molar-refractivity contribution >= 4 is 17.8 Å². The maximum Gasteiger partial charge on any atom is 0.0510 e. The minimum atomic E-state index is 1.34. The topological polar surface area (TPSA) is 0 Å². The lowest BCUT2D eigenvalue weighted by molar-refractivity contribution is 1.52. The Labute approximate surface area is 71.3 Å². The second-order valence-electron chi connectivity index (χ2n) is 2.62. The molecule has 1 aliphatic heterocycles. The van der Waals surface area contributed by atoms with Crippen LogP contribution in [0.25, 0.3) is 6.08 Å². The van der Waals surface area contributed by atoms with Crippen molar-refractivity contribution in [1.29, 1.82) is 0 Å². The highest BCUT2D eigenvalue weighted by Crippen LogP contribution is 2.32. The molecule has 0 spiro atoms. The fourth-order valence-electron chi connectivity index (χ4n) is 1.16. The molecule has 55 valence electrons. The number of benzene rings is 1. The average molecular weight is 161 g/mol. The van der Waals surface area contributed by atoms with Gasteiger partial charge in [0.25, 0.3) is 0 Å². The predicted octanol–water partition coefficient (Wildman–Crippen LogP) is 3.30. The molecule has 0 saturated heterocycles. The summed E-state index contributed by atoms with van der Waals surface area (Å²) in [5, 5.41) is 0. The average Bonchev–Trinajstić information content (AvgIpc) is 2.04. The number of hydrogen-bond donors (Lipinski definition) is 0. The summed E-state index contributed by atoms with van der Waals surface area (Å²) in [6.07, 6.45) is 2.22. The lowest BCUT2D eigenvalue weighted by atomic mass is 10.1. The van der Waals surface area contributed by atoms with Crippen molar-refractivity contribution in [2.75, 3.05) is 0 Å². The number of fused-ring (bicyclic) bond motifs is 1. The van der Waals surface area contributed by atoms with Gasteiger partial charge in [-0.3, -0.25) is 0 Å². The number of rotatable bonds is 0. The van der Waals surface area contributed by atoms with E-state index in [1.807, 2.05) is 0 Å². The van der Waals surface area contributed by atoms with Crippen molar-refractivity contribution in [3.8, 4) is 0 Å². The molecular weight excluding hydrogens is 152 g/mol. The molecule has 1 heteroatoms. The van der Waals surface area contributed by atoms with Crippen LogP contribution in [0.5, 0.6) is 0 Å². The van der Waals surface area contributed by atoms with Gasteiger partial charge in [0.15, 0.2) is 0 Å². The summed E-state index contributed by atoms with van der Waals surface area (Å²) in [7, 11) is 0. The van der Waals surface area contributed by atoms with Gasteiger partial charge in [0, 0.05) is 0 Å². The highest BCUT2D eigenvalue weighted by atomic mass is 32.2. The molecule has 1 heterocycles. The third-order valence-electron chi connectivity index (χ3n) is 1.73. The van der Waals surface area contributed by atoms with Gasteiger partial charge in [0.05, 0.1) is 5.75 Å². The molecule has 0 fully saturated rings. The summed E-state index contributed by atoms with van der Waals surface area (Å²) in [5.41, 5.74) is 2.67. The van der Waals surface area contributed by atoms with E-state index in [2.05, 4.69) is 43.0 Å². The van der Waals surface area contributed by atoms with Crippen molar-refractivity contribution in [2.45, 2.75) is 6.92 Å². The Morgan fingerprint density at radius 2 is 1.82 bits per heavy atom. The molecule has 0 aromatic heterocycles. The Bertz CT molecular complexity index is 299. The molecule has 0 saturated carbocycles. The zero-order chi connectivity index (χ0) is 7.68. The minimum absolute atomic E-state index is 1.34. The zero-order valence-electron chi connectivity index (χ0n) is 6.37. The lowest BCUT2D eigenvalue weighted by Crippen LogP contribution is -1.88. The Kier molecular flexibility index (Phi) is 1.74. The van der Waals surface area contributed by atoms with Crippen molar-refractivity contribution < 1.29 is 0 Å². The van der Waals surface area contributed by atoms with E-state index >= 15 is 0 Å². The summed E-state index contributed by atoms with van der Waals surface area (Å²) >= 11 is 1.80. The molecule has 1 aromatic carbocycles. The number of thioether (sulfide) groups is 1. The van der Waals surface area contributed by atoms with Crippen LogP contribution >= 0.6 is 11.8 Å². The van der Waals surface area contributed by atoms with Crippen LogP contribution in [0.4, 0.5) is 0 Å². The molecule has 0 amide bonds. The van der Waals surface area contributed by atoms with Crippen molar-refractivity contribution in [1.82, 2.24) is 0 Å². The predicted molar refractivity (Wildman–Crippen MR) is 51.1 cm³/mol. The van der Waals surface area contributed by atoms with Gasteiger partial charge in [-0.15, -0.1) is 11.8 Å². The first-order valence-electron chi connectivity index (χ1n) is 3.63. The molecule has 0 N–H and O–H groups in total. The van der Waals surface area contributed by atoms with Crippen molar-refractivity contribution in [2.24, 2.45) is 0 Å². The molecule has 0 bridgehead atoms. The third-order valence-corrected chi connectivity index (χ3v) is 2.59. The molecule has 0 nitrogen and oxygen atoms in total.